The normalized spacial score (nSPS) is 11.1. The van der Waals surface area contributed by atoms with E-state index in [9.17, 15) is 0 Å². The average Bonchev–Trinajstić information content (AvgIpc) is 2.56. The Kier molecular flexibility index (Phi) is 3.42. The molecule has 0 aliphatic rings. The van der Waals surface area contributed by atoms with Crippen LogP contribution in [0.25, 0.3) is 10.9 Å². The van der Waals surface area contributed by atoms with Crippen LogP contribution in [0.3, 0.4) is 0 Å². The lowest BCUT2D eigenvalue weighted by Crippen LogP contribution is -2.38. The van der Waals surface area contributed by atoms with Crippen molar-refractivity contribution in [2.45, 2.75) is 0 Å². The first-order valence-electron chi connectivity index (χ1n) is 5.26. The second-order valence-electron chi connectivity index (χ2n) is 4.08. The Labute approximate surface area is 112 Å². The van der Waals surface area contributed by atoms with Gasteiger partial charge in [-0.25, -0.2) is 5.01 Å². The van der Waals surface area contributed by atoms with Crippen molar-refractivity contribution in [2.24, 2.45) is 7.05 Å². The fourth-order valence-electron chi connectivity index (χ4n) is 1.98. The van der Waals surface area contributed by atoms with Crippen LogP contribution in [0.2, 0.25) is 0 Å². The van der Waals surface area contributed by atoms with Gasteiger partial charge in [0.25, 0.3) is 0 Å². The van der Waals surface area contributed by atoms with Crippen LogP contribution in [0.4, 0.5) is 5.69 Å². The van der Waals surface area contributed by atoms with Gasteiger partial charge in [0.15, 0.2) is 4.32 Å². The van der Waals surface area contributed by atoms with Crippen molar-refractivity contribution in [3.8, 4) is 0 Å². The van der Waals surface area contributed by atoms with Gasteiger partial charge < -0.3 is 4.57 Å². The molecule has 0 atom stereocenters. The molecule has 0 spiro atoms. The number of aryl methyl sites for hydroxylation is 1. The zero-order valence-electron chi connectivity index (χ0n) is 10.1. The molecule has 2 aromatic rings. The minimum atomic E-state index is 0.534. The number of hydrogen-bond donors (Lipinski definition) is 1. The maximum Gasteiger partial charge on any atom is 0.152 e. The predicted octanol–water partition coefficient (Wildman–Crippen LogP) is 2.68. The summed E-state index contributed by atoms with van der Waals surface area (Å²) in [6, 6.07) is 8.24. The smallest absolute Gasteiger partial charge is 0.152 e. The number of thiol groups is 1. The highest BCUT2D eigenvalue weighted by Gasteiger charge is 2.17. The summed E-state index contributed by atoms with van der Waals surface area (Å²) in [6.45, 7) is 0. The Morgan fingerprint density at radius 1 is 1.29 bits per heavy atom. The van der Waals surface area contributed by atoms with Gasteiger partial charge in [0.05, 0.1) is 5.69 Å². The number of nitrogens with zero attached hydrogens (tertiary/aromatic N) is 3. The van der Waals surface area contributed by atoms with E-state index in [1.165, 1.54) is 10.9 Å². The number of rotatable bonds is 2. The van der Waals surface area contributed by atoms with E-state index >= 15 is 0 Å². The third kappa shape index (κ3) is 2.18. The van der Waals surface area contributed by atoms with E-state index in [0.717, 1.165) is 5.69 Å². The first-order chi connectivity index (χ1) is 8.02. The summed E-state index contributed by atoms with van der Waals surface area (Å²) in [6.07, 6.45) is 2.06. The lowest BCUT2D eigenvalue weighted by Gasteiger charge is -2.28. The van der Waals surface area contributed by atoms with Crippen molar-refractivity contribution in [2.75, 3.05) is 19.1 Å². The van der Waals surface area contributed by atoms with Gasteiger partial charge in [-0.1, -0.05) is 30.4 Å². The van der Waals surface area contributed by atoms with E-state index in [4.69, 9.17) is 12.2 Å². The van der Waals surface area contributed by atoms with Gasteiger partial charge in [-0.05, 0) is 6.07 Å². The molecule has 90 valence electrons. The third-order valence-corrected chi connectivity index (χ3v) is 3.05. The number of fused-ring (bicyclic) bond motifs is 1. The summed E-state index contributed by atoms with van der Waals surface area (Å²) in [7, 11) is 5.93. The molecule has 0 saturated carbocycles. The van der Waals surface area contributed by atoms with E-state index in [0.29, 0.717) is 4.32 Å². The molecular weight excluding hydrogens is 250 g/mol. The lowest BCUT2D eigenvalue weighted by atomic mass is 10.2. The van der Waals surface area contributed by atoms with Gasteiger partial charge in [-0.2, -0.15) is 0 Å². The first-order valence-corrected chi connectivity index (χ1v) is 6.12. The highest BCUT2D eigenvalue weighted by atomic mass is 32.1. The summed E-state index contributed by atoms with van der Waals surface area (Å²) < 4.78 is 2.62. The van der Waals surface area contributed by atoms with Gasteiger partial charge in [0.1, 0.15) is 0 Å². The summed E-state index contributed by atoms with van der Waals surface area (Å²) in [4.78, 5) is 0. The van der Waals surface area contributed by atoms with Crippen molar-refractivity contribution in [3.05, 3.63) is 30.5 Å². The Morgan fingerprint density at radius 3 is 2.53 bits per heavy atom. The molecular formula is C12H15N3S2. The number of para-hydroxylation sites is 1. The number of hydrazine groups is 1. The summed E-state index contributed by atoms with van der Waals surface area (Å²) in [5.41, 5.74) is 2.23. The highest BCUT2D eigenvalue weighted by molar-refractivity contribution is 8.11. The fraction of sp³-hybridized carbons (Fsp3) is 0.250. The molecule has 5 heteroatoms. The quantitative estimate of drug-likeness (QED) is 0.509. The Balaban J connectivity index is 2.65. The fourth-order valence-corrected chi connectivity index (χ4v) is 2.53. The van der Waals surface area contributed by atoms with Crippen LogP contribution in [-0.2, 0) is 7.05 Å². The average molecular weight is 265 g/mol. The van der Waals surface area contributed by atoms with E-state index in [2.05, 4.69) is 35.5 Å². The largest absolute Gasteiger partial charge is 0.348 e. The third-order valence-electron chi connectivity index (χ3n) is 2.69. The zero-order valence-corrected chi connectivity index (χ0v) is 11.8. The van der Waals surface area contributed by atoms with Crippen LogP contribution in [0.5, 0.6) is 0 Å². The predicted molar refractivity (Wildman–Crippen MR) is 80.7 cm³/mol. The van der Waals surface area contributed by atoms with Crippen LogP contribution >= 0.6 is 24.8 Å². The van der Waals surface area contributed by atoms with Gasteiger partial charge >= 0.3 is 0 Å². The molecule has 17 heavy (non-hydrogen) atoms. The SMILES string of the molecule is CN(C)N(C(=S)S)c1cn(C)c2ccccc12. The van der Waals surface area contributed by atoms with Crippen LogP contribution in [-0.4, -0.2) is 28.0 Å². The van der Waals surface area contributed by atoms with Crippen molar-refractivity contribution in [3.63, 3.8) is 0 Å². The maximum absolute atomic E-state index is 5.19. The standard InChI is InChI=1S/C12H15N3S2/c1-13(2)15(12(16)17)11-8-14(3)10-7-5-4-6-9(10)11/h4-8H,1-3H3,(H,16,17). The molecule has 0 fully saturated rings. The summed E-state index contributed by atoms with van der Waals surface area (Å²) >= 11 is 9.47. The molecule has 2 rings (SSSR count). The molecule has 3 nitrogen and oxygen atoms in total. The second kappa shape index (κ2) is 4.68. The van der Waals surface area contributed by atoms with Gasteiger partial charge in [0.2, 0.25) is 0 Å². The van der Waals surface area contributed by atoms with Crippen molar-refractivity contribution < 1.29 is 0 Å². The molecule has 0 unspecified atom stereocenters. The maximum atomic E-state index is 5.19. The van der Waals surface area contributed by atoms with Crippen molar-refractivity contribution >= 4 is 45.8 Å². The molecule has 0 saturated heterocycles. The molecule has 1 aromatic carbocycles. The Hall–Kier alpha value is -1.04. The van der Waals surface area contributed by atoms with E-state index < -0.39 is 0 Å². The van der Waals surface area contributed by atoms with Crippen LogP contribution in [0.15, 0.2) is 30.5 Å². The number of anilines is 1. The number of hydrogen-bond acceptors (Lipinski definition) is 2. The minimum absolute atomic E-state index is 0.534. The van der Waals surface area contributed by atoms with Crippen molar-refractivity contribution in [1.29, 1.82) is 0 Å². The topological polar surface area (TPSA) is 11.4 Å². The monoisotopic (exact) mass is 265 g/mol. The first kappa shape index (κ1) is 12.4. The molecule has 0 N–H and O–H groups in total. The molecule has 0 amide bonds. The molecule has 0 bridgehead atoms. The van der Waals surface area contributed by atoms with Crippen LogP contribution in [0, 0.1) is 0 Å². The lowest BCUT2D eigenvalue weighted by molar-refractivity contribution is 0.434. The van der Waals surface area contributed by atoms with E-state index in [1.807, 2.05) is 43.3 Å². The summed E-state index contributed by atoms with van der Waals surface area (Å²) in [5.74, 6) is 0. The second-order valence-corrected chi connectivity index (χ2v) is 5.20. The zero-order chi connectivity index (χ0) is 12.6. The molecule has 1 aromatic heterocycles. The van der Waals surface area contributed by atoms with E-state index in [-0.39, 0.29) is 0 Å². The molecule has 0 aliphatic heterocycles. The van der Waals surface area contributed by atoms with Crippen molar-refractivity contribution in [1.82, 2.24) is 9.58 Å². The minimum Gasteiger partial charge on any atom is -0.348 e. The Morgan fingerprint density at radius 2 is 1.94 bits per heavy atom. The van der Waals surface area contributed by atoms with Gasteiger partial charge in [-0.15, -0.1) is 12.6 Å². The Bertz CT molecular complexity index is 560. The van der Waals surface area contributed by atoms with Crippen LogP contribution in [0.1, 0.15) is 0 Å². The molecule has 0 radical (unpaired) electrons. The molecule has 1 heterocycles. The van der Waals surface area contributed by atoms with E-state index in [1.54, 1.807) is 0 Å². The van der Waals surface area contributed by atoms with Gasteiger partial charge in [-0.3, -0.25) is 5.01 Å². The van der Waals surface area contributed by atoms with Gasteiger partial charge in [0, 0.05) is 38.2 Å². The number of benzene rings is 1. The molecule has 0 aliphatic carbocycles. The number of aromatic nitrogens is 1. The number of thiocarbonyl (C=S) groups is 1. The van der Waals surface area contributed by atoms with Crippen LogP contribution < -0.4 is 5.01 Å². The highest BCUT2D eigenvalue weighted by Crippen LogP contribution is 2.29. The summed E-state index contributed by atoms with van der Waals surface area (Å²) in [5, 5.41) is 5.00.